The molecule has 1 fully saturated rings. The predicted molar refractivity (Wildman–Crippen MR) is 100 cm³/mol. The van der Waals surface area contributed by atoms with Gasteiger partial charge in [0.25, 0.3) is 0 Å². The van der Waals surface area contributed by atoms with Gasteiger partial charge in [-0.2, -0.15) is 0 Å². The van der Waals surface area contributed by atoms with Crippen molar-refractivity contribution in [2.24, 2.45) is 0 Å². The van der Waals surface area contributed by atoms with Gasteiger partial charge in [-0.05, 0) is 35.4 Å². The van der Waals surface area contributed by atoms with E-state index in [1.54, 1.807) is 24.3 Å². The fraction of sp³-hybridized carbons (Fsp3) is 0.333. The van der Waals surface area contributed by atoms with Gasteiger partial charge in [-0.15, -0.1) is 38.0 Å². The van der Waals surface area contributed by atoms with Crippen molar-refractivity contribution >= 4 is 24.8 Å². The summed E-state index contributed by atoms with van der Waals surface area (Å²) in [5, 5.41) is 3.27. The Kier molecular flexibility index (Phi) is 8.81. The maximum absolute atomic E-state index is 13.3. The Morgan fingerprint density at radius 3 is 1.81 bits per heavy atom. The first-order valence-corrected chi connectivity index (χ1v) is 7.98. The molecule has 0 saturated carbocycles. The quantitative estimate of drug-likeness (QED) is 0.725. The Labute approximate surface area is 167 Å². The van der Waals surface area contributed by atoms with E-state index >= 15 is 0 Å². The molecule has 1 N–H and O–H groups in total. The van der Waals surface area contributed by atoms with Gasteiger partial charge in [0.15, 0.2) is 0 Å². The normalized spacial score (nSPS) is 16.0. The maximum Gasteiger partial charge on any atom is 0.573 e. The topological polar surface area (TPSA) is 24.5 Å². The van der Waals surface area contributed by atoms with Gasteiger partial charge >= 0.3 is 6.36 Å². The van der Waals surface area contributed by atoms with Crippen LogP contribution in [0.2, 0.25) is 0 Å². The van der Waals surface area contributed by atoms with Crippen LogP contribution in [0.1, 0.15) is 17.2 Å². The van der Waals surface area contributed by atoms with Crippen LogP contribution in [-0.2, 0) is 0 Å². The number of piperazine rings is 1. The highest BCUT2D eigenvalue weighted by Crippen LogP contribution is 2.31. The molecule has 1 aliphatic heterocycles. The van der Waals surface area contributed by atoms with Crippen molar-refractivity contribution in [1.29, 1.82) is 0 Å². The fourth-order valence-corrected chi connectivity index (χ4v) is 3.05. The summed E-state index contributed by atoms with van der Waals surface area (Å²) < 4.78 is 54.2. The third kappa shape index (κ3) is 6.53. The Balaban J connectivity index is 0.00000182. The molecular formula is C18H20Cl2F4N2O. The molecule has 0 radical (unpaired) electrons. The van der Waals surface area contributed by atoms with E-state index in [9.17, 15) is 17.6 Å². The van der Waals surface area contributed by atoms with Gasteiger partial charge in [0, 0.05) is 26.2 Å². The van der Waals surface area contributed by atoms with Gasteiger partial charge in [-0.1, -0.05) is 24.3 Å². The number of rotatable bonds is 4. The number of nitrogens with one attached hydrogen (secondary N) is 1. The van der Waals surface area contributed by atoms with Gasteiger partial charge in [0.1, 0.15) is 11.6 Å². The lowest BCUT2D eigenvalue weighted by molar-refractivity contribution is -0.274. The number of hydrogen-bond donors (Lipinski definition) is 1. The van der Waals surface area contributed by atoms with Crippen molar-refractivity contribution in [3.05, 3.63) is 65.5 Å². The molecule has 2 aromatic carbocycles. The lowest BCUT2D eigenvalue weighted by Crippen LogP contribution is -2.45. The van der Waals surface area contributed by atoms with E-state index in [0.29, 0.717) is 0 Å². The van der Waals surface area contributed by atoms with Crippen LogP contribution < -0.4 is 10.1 Å². The Hall–Kier alpha value is -1.54. The van der Waals surface area contributed by atoms with Crippen molar-refractivity contribution in [3.63, 3.8) is 0 Å². The largest absolute Gasteiger partial charge is 0.573 e. The molecule has 2 aromatic rings. The molecule has 1 saturated heterocycles. The minimum absolute atomic E-state index is 0. The first-order valence-electron chi connectivity index (χ1n) is 7.98. The van der Waals surface area contributed by atoms with Crippen molar-refractivity contribution in [3.8, 4) is 5.75 Å². The molecule has 9 heteroatoms. The second-order valence-electron chi connectivity index (χ2n) is 5.86. The average Bonchev–Trinajstić information content (AvgIpc) is 2.58. The van der Waals surface area contributed by atoms with E-state index in [1.807, 2.05) is 0 Å². The number of alkyl halides is 3. The van der Waals surface area contributed by atoms with Crippen molar-refractivity contribution < 1.29 is 22.3 Å². The number of benzene rings is 2. The molecule has 150 valence electrons. The van der Waals surface area contributed by atoms with E-state index in [0.717, 1.165) is 37.3 Å². The van der Waals surface area contributed by atoms with Crippen LogP contribution in [0.3, 0.4) is 0 Å². The summed E-state index contributed by atoms with van der Waals surface area (Å²) in [5.41, 5.74) is 1.73. The third-order valence-corrected chi connectivity index (χ3v) is 4.13. The summed E-state index contributed by atoms with van der Waals surface area (Å²) in [4.78, 5) is 2.23. The zero-order chi connectivity index (χ0) is 17.9. The van der Waals surface area contributed by atoms with E-state index in [4.69, 9.17) is 0 Å². The minimum atomic E-state index is -4.71. The molecule has 0 aromatic heterocycles. The van der Waals surface area contributed by atoms with E-state index in [2.05, 4.69) is 15.0 Å². The fourth-order valence-electron chi connectivity index (χ4n) is 3.05. The summed E-state index contributed by atoms with van der Waals surface area (Å²) in [5.74, 6) is -0.578. The van der Waals surface area contributed by atoms with Crippen LogP contribution in [0.25, 0.3) is 0 Å². The molecule has 1 heterocycles. The summed E-state index contributed by atoms with van der Waals surface area (Å²) >= 11 is 0. The summed E-state index contributed by atoms with van der Waals surface area (Å²) in [6.07, 6.45) is -4.71. The number of ether oxygens (including phenoxy) is 1. The molecule has 27 heavy (non-hydrogen) atoms. The highest BCUT2D eigenvalue weighted by molar-refractivity contribution is 5.85. The summed E-state index contributed by atoms with van der Waals surface area (Å²) in [7, 11) is 0. The predicted octanol–water partition coefficient (Wildman–Crippen LogP) is 4.56. The van der Waals surface area contributed by atoms with E-state index < -0.39 is 6.36 Å². The van der Waals surface area contributed by atoms with Crippen LogP contribution in [0.4, 0.5) is 17.6 Å². The van der Waals surface area contributed by atoms with Crippen molar-refractivity contribution in [2.75, 3.05) is 26.2 Å². The number of nitrogens with zero attached hydrogens (tertiary/aromatic N) is 1. The average molecular weight is 427 g/mol. The zero-order valence-electron chi connectivity index (χ0n) is 14.2. The third-order valence-electron chi connectivity index (χ3n) is 4.13. The van der Waals surface area contributed by atoms with Crippen LogP contribution in [-0.4, -0.2) is 37.4 Å². The van der Waals surface area contributed by atoms with Crippen LogP contribution in [0.15, 0.2) is 48.5 Å². The second kappa shape index (κ2) is 10.1. The van der Waals surface area contributed by atoms with Gasteiger partial charge in [-0.3, -0.25) is 4.90 Å². The molecule has 1 atom stereocenters. The van der Waals surface area contributed by atoms with Crippen molar-refractivity contribution in [2.45, 2.75) is 12.4 Å². The highest BCUT2D eigenvalue weighted by atomic mass is 35.5. The van der Waals surface area contributed by atoms with Gasteiger partial charge in [0.05, 0.1) is 6.04 Å². The SMILES string of the molecule is Cl.Cl.Fc1ccc([C@H](c2ccc(OC(F)(F)F)cc2)N2CCNCC2)cc1. The second-order valence-corrected chi connectivity index (χ2v) is 5.86. The molecule has 3 nitrogen and oxygen atoms in total. The molecule has 0 amide bonds. The van der Waals surface area contributed by atoms with Crippen LogP contribution >= 0.6 is 24.8 Å². The highest BCUT2D eigenvalue weighted by Gasteiger charge is 2.31. The van der Waals surface area contributed by atoms with Crippen LogP contribution in [0.5, 0.6) is 5.75 Å². The first-order chi connectivity index (χ1) is 11.9. The Morgan fingerprint density at radius 2 is 1.33 bits per heavy atom. The molecule has 0 aliphatic carbocycles. The lowest BCUT2D eigenvalue weighted by atomic mass is 9.96. The summed E-state index contributed by atoms with van der Waals surface area (Å²) in [6, 6.07) is 11.9. The zero-order valence-corrected chi connectivity index (χ0v) is 15.8. The molecular weight excluding hydrogens is 407 g/mol. The minimum Gasteiger partial charge on any atom is -0.406 e. The monoisotopic (exact) mass is 426 g/mol. The van der Waals surface area contributed by atoms with E-state index in [1.165, 1.54) is 24.3 Å². The lowest BCUT2D eigenvalue weighted by Gasteiger charge is -2.35. The molecule has 3 rings (SSSR count). The smallest absolute Gasteiger partial charge is 0.406 e. The Morgan fingerprint density at radius 1 is 0.852 bits per heavy atom. The molecule has 0 spiro atoms. The van der Waals surface area contributed by atoms with Gasteiger partial charge in [-0.25, -0.2) is 4.39 Å². The number of halogens is 6. The summed E-state index contributed by atoms with van der Waals surface area (Å²) in [6.45, 7) is 3.24. The molecule has 0 unspecified atom stereocenters. The van der Waals surface area contributed by atoms with Gasteiger partial charge in [0.2, 0.25) is 0 Å². The van der Waals surface area contributed by atoms with Gasteiger partial charge < -0.3 is 10.1 Å². The van der Waals surface area contributed by atoms with E-state index in [-0.39, 0.29) is 42.4 Å². The van der Waals surface area contributed by atoms with Crippen molar-refractivity contribution in [1.82, 2.24) is 10.2 Å². The Bertz CT molecular complexity index is 690. The molecule has 1 aliphatic rings. The van der Waals surface area contributed by atoms with Crippen LogP contribution in [0, 0.1) is 5.82 Å². The maximum atomic E-state index is 13.3. The standard InChI is InChI=1S/C18H18F4N2O.2ClH/c19-15-5-1-13(2-6-15)17(24-11-9-23-10-12-24)14-3-7-16(8-4-14)25-18(20,21)22;;/h1-8,17,23H,9-12H2;2*1H/t17-;;/m1../s1. The first kappa shape index (κ1) is 23.5. The number of hydrogen-bond acceptors (Lipinski definition) is 3. The molecule has 0 bridgehead atoms.